The number of fused-ring (bicyclic) bond motifs is 5. The molecule has 0 saturated heterocycles. The number of carboxylic acid groups (broad SMARTS) is 1. The van der Waals surface area contributed by atoms with Gasteiger partial charge in [0.15, 0.2) is 0 Å². The van der Waals surface area contributed by atoms with Crippen molar-refractivity contribution in [1.82, 2.24) is 5.32 Å². The molecule has 2 fully saturated rings. The molecule has 0 aliphatic heterocycles. The molecule has 1 amide bonds. The Morgan fingerprint density at radius 3 is 2.53 bits per heavy atom. The summed E-state index contributed by atoms with van der Waals surface area (Å²) >= 11 is 0. The molecule has 0 radical (unpaired) electrons. The Balaban J connectivity index is 1.65. The fourth-order valence-corrected chi connectivity index (χ4v) is 7.52. The van der Waals surface area contributed by atoms with E-state index in [1.807, 2.05) is 26.8 Å². The summed E-state index contributed by atoms with van der Waals surface area (Å²) in [7, 11) is 0. The van der Waals surface area contributed by atoms with Gasteiger partial charge in [-0.25, -0.2) is 4.79 Å². The monoisotopic (exact) mass is 415 g/mol. The molecule has 0 heterocycles. The molecule has 3 N–H and O–H groups in total. The second-order valence-electron chi connectivity index (χ2n) is 11.7. The second kappa shape index (κ2) is 6.94. The van der Waals surface area contributed by atoms with Gasteiger partial charge in [0.1, 0.15) is 0 Å². The van der Waals surface area contributed by atoms with Crippen LogP contribution in [-0.4, -0.2) is 33.7 Å². The number of aliphatic carboxylic acids is 1. The Kier molecular flexibility index (Phi) is 5.00. The summed E-state index contributed by atoms with van der Waals surface area (Å²) < 4.78 is 0. The number of hydrogen-bond acceptors (Lipinski definition) is 3. The van der Waals surface area contributed by atoms with Gasteiger partial charge in [0.25, 0.3) is 0 Å². The molecule has 5 heteroatoms. The first-order valence-electron chi connectivity index (χ1n) is 11.5. The normalized spacial score (nSPS) is 42.9. The molecule has 30 heavy (non-hydrogen) atoms. The lowest BCUT2D eigenvalue weighted by Crippen LogP contribution is -2.57. The molecular weight excluding hydrogens is 378 g/mol. The molecule has 4 aliphatic carbocycles. The predicted octanol–water partition coefficient (Wildman–Crippen LogP) is 4.07. The molecule has 0 aromatic rings. The first kappa shape index (κ1) is 21.6. The van der Waals surface area contributed by atoms with Crippen LogP contribution in [0.15, 0.2) is 23.3 Å². The van der Waals surface area contributed by atoms with Crippen molar-refractivity contribution in [2.75, 3.05) is 0 Å². The highest BCUT2D eigenvalue weighted by Crippen LogP contribution is 2.66. The van der Waals surface area contributed by atoms with Crippen LogP contribution in [0.4, 0.5) is 0 Å². The highest BCUT2D eigenvalue weighted by Gasteiger charge is 2.62. The number of rotatable bonds is 2. The minimum absolute atomic E-state index is 0.0552. The van der Waals surface area contributed by atoms with Crippen molar-refractivity contribution in [2.45, 2.75) is 84.8 Å². The molecule has 5 nitrogen and oxygen atoms in total. The number of allylic oxidation sites excluding steroid dienone is 3. The van der Waals surface area contributed by atoms with E-state index >= 15 is 0 Å². The van der Waals surface area contributed by atoms with Crippen LogP contribution in [-0.2, 0) is 9.59 Å². The van der Waals surface area contributed by atoms with Gasteiger partial charge < -0.3 is 15.5 Å². The van der Waals surface area contributed by atoms with Crippen LogP contribution in [0.5, 0.6) is 0 Å². The van der Waals surface area contributed by atoms with E-state index in [4.69, 9.17) is 0 Å². The summed E-state index contributed by atoms with van der Waals surface area (Å²) in [6.07, 6.45) is 8.37. The Morgan fingerprint density at radius 1 is 1.20 bits per heavy atom. The molecule has 166 valence electrons. The van der Waals surface area contributed by atoms with Gasteiger partial charge in [-0.2, -0.15) is 0 Å². The molecule has 4 aliphatic rings. The van der Waals surface area contributed by atoms with Crippen molar-refractivity contribution in [3.05, 3.63) is 23.3 Å². The van der Waals surface area contributed by atoms with Crippen LogP contribution in [0.2, 0.25) is 0 Å². The molecule has 0 aromatic heterocycles. The van der Waals surface area contributed by atoms with Crippen molar-refractivity contribution in [2.24, 2.45) is 34.5 Å². The first-order valence-corrected chi connectivity index (χ1v) is 11.5. The molecule has 0 spiro atoms. The third-order valence-corrected chi connectivity index (χ3v) is 8.79. The van der Waals surface area contributed by atoms with E-state index < -0.39 is 12.1 Å². The van der Waals surface area contributed by atoms with E-state index in [1.165, 1.54) is 0 Å². The fourth-order valence-electron chi connectivity index (χ4n) is 7.52. The number of aliphatic hydroxyl groups excluding tert-OH is 1. The molecule has 7 atom stereocenters. The number of nitrogens with one attached hydrogen (secondary N) is 1. The number of amides is 1. The molecule has 4 rings (SSSR count). The van der Waals surface area contributed by atoms with Gasteiger partial charge in [-0.1, -0.05) is 19.9 Å². The Labute approximate surface area is 180 Å². The second-order valence-corrected chi connectivity index (χ2v) is 11.7. The Hall–Kier alpha value is -1.62. The highest BCUT2D eigenvalue weighted by atomic mass is 16.4. The van der Waals surface area contributed by atoms with Crippen molar-refractivity contribution >= 4 is 11.9 Å². The third kappa shape index (κ3) is 3.24. The van der Waals surface area contributed by atoms with Gasteiger partial charge in [-0.15, -0.1) is 0 Å². The molecule has 2 saturated carbocycles. The summed E-state index contributed by atoms with van der Waals surface area (Å²) in [4.78, 5) is 24.6. The minimum atomic E-state index is -0.833. The summed E-state index contributed by atoms with van der Waals surface area (Å²) in [5, 5.41) is 24.0. The van der Waals surface area contributed by atoms with E-state index in [0.29, 0.717) is 30.3 Å². The zero-order valence-corrected chi connectivity index (χ0v) is 19.0. The maximum absolute atomic E-state index is 13.1. The standard InChI is InChI=1S/C25H37NO4/c1-23(2,3)26-21(28)18-9-8-17-16-7-6-15-12-14(22(29)30)10-11-24(15,4)20(16)19(27)13-25(17,18)5/h6,12,16-20,27H,7-11,13H2,1-5H3,(H,26,28)(H,29,30)/t16-,17-,18+,19-,20+,24-,25-/m0/s1. The summed E-state index contributed by atoms with van der Waals surface area (Å²) in [6.45, 7) is 10.5. The van der Waals surface area contributed by atoms with E-state index in [-0.39, 0.29) is 34.1 Å². The van der Waals surface area contributed by atoms with Gasteiger partial charge in [0, 0.05) is 17.0 Å². The zero-order chi connectivity index (χ0) is 22.1. The summed E-state index contributed by atoms with van der Waals surface area (Å²) in [5.74, 6) is 0.135. The molecular formula is C25H37NO4. The molecule has 0 bridgehead atoms. The smallest absolute Gasteiger partial charge is 0.331 e. The lowest BCUT2D eigenvalue weighted by molar-refractivity contribution is -0.142. The Bertz CT molecular complexity index is 821. The largest absolute Gasteiger partial charge is 0.478 e. The predicted molar refractivity (Wildman–Crippen MR) is 116 cm³/mol. The highest BCUT2D eigenvalue weighted by molar-refractivity contribution is 5.87. The maximum Gasteiger partial charge on any atom is 0.331 e. The van der Waals surface area contributed by atoms with E-state index in [1.54, 1.807) is 0 Å². The number of carbonyl (C=O) groups excluding carboxylic acids is 1. The number of carbonyl (C=O) groups is 2. The van der Waals surface area contributed by atoms with Crippen LogP contribution in [0.1, 0.15) is 73.1 Å². The Morgan fingerprint density at radius 2 is 1.90 bits per heavy atom. The number of aliphatic hydroxyl groups is 1. The van der Waals surface area contributed by atoms with Crippen LogP contribution < -0.4 is 5.32 Å². The topological polar surface area (TPSA) is 86.6 Å². The average Bonchev–Trinajstić information content (AvgIpc) is 2.95. The van der Waals surface area contributed by atoms with Crippen LogP contribution >= 0.6 is 0 Å². The van der Waals surface area contributed by atoms with Crippen molar-refractivity contribution in [3.63, 3.8) is 0 Å². The van der Waals surface area contributed by atoms with Crippen LogP contribution in [0, 0.1) is 34.5 Å². The third-order valence-electron chi connectivity index (χ3n) is 8.79. The van der Waals surface area contributed by atoms with Crippen molar-refractivity contribution in [1.29, 1.82) is 0 Å². The minimum Gasteiger partial charge on any atom is -0.478 e. The molecule has 0 unspecified atom stereocenters. The van der Waals surface area contributed by atoms with E-state index in [2.05, 4.69) is 25.2 Å². The zero-order valence-electron chi connectivity index (χ0n) is 19.0. The van der Waals surface area contributed by atoms with E-state index in [9.17, 15) is 19.8 Å². The van der Waals surface area contributed by atoms with Crippen LogP contribution in [0.3, 0.4) is 0 Å². The summed E-state index contributed by atoms with van der Waals surface area (Å²) in [5.41, 5.74) is 0.943. The SMILES string of the molecule is CC(C)(C)NC(=O)[C@H]1CC[C@H]2[C@@H]3CC=C4C=C(C(=O)O)CC[C@]4(C)[C@H]3[C@@H](O)C[C@]12C. The lowest BCUT2D eigenvalue weighted by atomic mass is 9.47. The average molecular weight is 416 g/mol. The number of carboxylic acids is 1. The quantitative estimate of drug-likeness (QED) is 0.634. The lowest BCUT2D eigenvalue weighted by Gasteiger charge is -2.58. The fraction of sp³-hybridized carbons (Fsp3) is 0.760. The maximum atomic E-state index is 13.1. The van der Waals surface area contributed by atoms with Gasteiger partial charge in [0.05, 0.1) is 6.10 Å². The van der Waals surface area contributed by atoms with Crippen LogP contribution in [0.25, 0.3) is 0 Å². The van der Waals surface area contributed by atoms with Gasteiger partial charge in [-0.3, -0.25) is 4.79 Å². The van der Waals surface area contributed by atoms with Gasteiger partial charge >= 0.3 is 5.97 Å². The summed E-state index contributed by atoms with van der Waals surface area (Å²) in [6, 6.07) is 0. The first-order chi connectivity index (χ1) is 13.9. The number of hydrogen-bond donors (Lipinski definition) is 3. The van der Waals surface area contributed by atoms with Crippen molar-refractivity contribution < 1.29 is 19.8 Å². The van der Waals surface area contributed by atoms with Crippen molar-refractivity contribution in [3.8, 4) is 0 Å². The van der Waals surface area contributed by atoms with E-state index in [0.717, 1.165) is 31.3 Å². The van der Waals surface area contributed by atoms with Gasteiger partial charge in [-0.05, 0) is 99.5 Å². The van der Waals surface area contributed by atoms with Gasteiger partial charge in [0.2, 0.25) is 5.91 Å². The molecule has 0 aromatic carbocycles.